The van der Waals surface area contributed by atoms with Gasteiger partial charge < -0.3 is 9.84 Å². The van der Waals surface area contributed by atoms with Crippen molar-refractivity contribution in [2.24, 2.45) is 0 Å². The Morgan fingerprint density at radius 3 is 2.83 bits per heavy atom. The van der Waals surface area contributed by atoms with E-state index < -0.39 is 5.60 Å². The Balaban J connectivity index is 2.25. The highest BCUT2D eigenvalue weighted by molar-refractivity contribution is 9.10. The van der Waals surface area contributed by atoms with Crippen LogP contribution < -0.4 is 0 Å². The molecule has 5 nitrogen and oxygen atoms in total. The molecule has 18 heavy (non-hydrogen) atoms. The van der Waals surface area contributed by atoms with Crippen molar-refractivity contribution in [1.82, 2.24) is 9.78 Å². The number of halogens is 1. The molecule has 0 aliphatic heterocycles. The predicted molar refractivity (Wildman–Crippen MR) is 69.2 cm³/mol. The van der Waals surface area contributed by atoms with Gasteiger partial charge >= 0.3 is 0 Å². The zero-order valence-corrected chi connectivity index (χ0v) is 11.9. The molecule has 100 valence electrons. The molecule has 1 N–H and O–H groups in total. The van der Waals surface area contributed by atoms with Crippen LogP contribution in [-0.2, 0) is 21.7 Å². The molecule has 1 fully saturated rings. The summed E-state index contributed by atoms with van der Waals surface area (Å²) in [7, 11) is 1.63. The number of nitrogens with zero attached hydrogens (tertiary/aromatic N) is 2. The molecule has 6 heteroatoms. The third-order valence-corrected chi connectivity index (χ3v) is 3.96. The average molecular weight is 317 g/mol. The minimum Gasteiger partial charge on any atom is -0.383 e. The van der Waals surface area contributed by atoms with Crippen LogP contribution in [0.25, 0.3) is 0 Å². The number of Topliss-reactive ketones (excluding diaryl/α,β-unsaturated/α-hetero) is 1. The van der Waals surface area contributed by atoms with Crippen molar-refractivity contribution in [3.63, 3.8) is 0 Å². The summed E-state index contributed by atoms with van der Waals surface area (Å²) in [6, 6.07) is 0. The van der Waals surface area contributed by atoms with Crippen LogP contribution in [0.2, 0.25) is 0 Å². The first-order chi connectivity index (χ1) is 8.57. The summed E-state index contributed by atoms with van der Waals surface area (Å²) in [5.41, 5.74) is -0.205. The van der Waals surface area contributed by atoms with Gasteiger partial charge in [0.05, 0.1) is 29.5 Å². The molecule has 0 amide bonds. The van der Waals surface area contributed by atoms with Crippen molar-refractivity contribution in [2.75, 3.05) is 13.7 Å². The van der Waals surface area contributed by atoms with Crippen molar-refractivity contribution >= 4 is 21.7 Å². The number of aromatic nitrogens is 2. The van der Waals surface area contributed by atoms with Gasteiger partial charge in [0.15, 0.2) is 0 Å². The normalized spacial score (nSPS) is 19.2. The van der Waals surface area contributed by atoms with Crippen LogP contribution in [0, 0.1) is 0 Å². The molecule has 2 rings (SSSR count). The molecule has 0 spiro atoms. The second kappa shape index (κ2) is 5.50. The maximum atomic E-state index is 11.3. The molecule has 1 aromatic rings. The van der Waals surface area contributed by atoms with Crippen molar-refractivity contribution in [3.05, 3.63) is 16.4 Å². The van der Waals surface area contributed by atoms with Crippen molar-refractivity contribution in [3.8, 4) is 0 Å². The maximum absolute atomic E-state index is 11.3. The fourth-order valence-electron chi connectivity index (χ4n) is 2.35. The third-order valence-electron chi connectivity index (χ3n) is 3.38. The van der Waals surface area contributed by atoms with Crippen LogP contribution in [-0.4, -0.2) is 34.4 Å². The van der Waals surface area contributed by atoms with E-state index in [4.69, 9.17) is 4.74 Å². The van der Waals surface area contributed by atoms with Gasteiger partial charge in [0.2, 0.25) is 0 Å². The quantitative estimate of drug-likeness (QED) is 0.916. The highest BCUT2D eigenvalue weighted by Gasteiger charge is 2.38. The molecule has 0 bridgehead atoms. The standard InChI is InChI=1S/C12H17BrN2O3/c1-18-7-6-15-11(10(13)8-14-15)12(17)4-2-9(16)3-5-12/h8,17H,2-7H2,1H3. The summed E-state index contributed by atoms with van der Waals surface area (Å²) in [5, 5.41) is 15.0. The highest BCUT2D eigenvalue weighted by atomic mass is 79.9. The number of rotatable bonds is 4. The largest absolute Gasteiger partial charge is 0.383 e. The number of ether oxygens (including phenoxy) is 1. The summed E-state index contributed by atoms with van der Waals surface area (Å²) in [6.45, 7) is 1.13. The Labute approximate surface area is 114 Å². The van der Waals surface area contributed by atoms with Gasteiger partial charge in [0.1, 0.15) is 11.4 Å². The molecule has 1 heterocycles. The number of carbonyl (C=O) groups is 1. The van der Waals surface area contributed by atoms with E-state index in [1.165, 1.54) is 0 Å². The maximum Gasteiger partial charge on any atom is 0.133 e. The molecule has 0 saturated heterocycles. The first-order valence-corrected chi connectivity index (χ1v) is 6.81. The zero-order valence-electron chi connectivity index (χ0n) is 10.4. The minimum atomic E-state index is -0.961. The SMILES string of the molecule is COCCn1ncc(Br)c1C1(O)CCC(=O)CC1. The molecule has 0 radical (unpaired) electrons. The number of hydrogen-bond acceptors (Lipinski definition) is 4. The number of methoxy groups -OCH3 is 1. The second-order valence-corrected chi connectivity index (χ2v) is 5.48. The van der Waals surface area contributed by atoms with E-state index in [9.17, 15) is 9.90 Å². The smallest absolute Gasteiger partial charge is 0.133 e. The van der Waals surface area contributed by atoms with E-state index in [1.54, 1.807) is 18.0 Å². The van der Waals surface area contributed by atoms with Crippen LogP contribution in [0.3, 0.4) is 0 Å². The third kappa shape index (κ3) is 2.65. The van der Waals surface area contributed by atoms with E-state index in [0.717, 1.165) is 10.2 Å². The van der Waals surface area contributed by atoms with E-state index in [1.807, 2.05) is 0 Å². The lowest BCUT2D eigenvalue weighted by molar-refractivity contribution is -0.126. The van der Waals surface area contributed by atoms with E-state index in [-0.39, 0.29) is 5.78 Å². The molecule has 1 aliphatic carbocycles. The topological polar surface area (TPSA) is 64.3 Å². The molecule has 0 atom stereocenters. The Hall–Kier alpha value is -0.720. The van der Waals surface area contributed by atoms with Crippen LogP contribution >= 0.6 is 15.9 Å². The molecular weight excluding hydrogens is 300 g/mol. The number of hydrogen-bond donors (Lipinski definition) is 1. The summed E-state index contributed by atoms with van der Waals surface area (Å²) in [4.78, 5) is 11.3. The monoisotopic (exact) mass is 316 g/mol. The van der Waals surface area contributed by atoms with Gasteiger partial charge in [-0.3, -0.25) is 9.48 Å². The second-order valence-electron chi connectivity index (χ2n) is 4.63. The summed E-state index contributed by atoms with van der Waals surface area (Å²) in [6.07, 6.45) is 3.46. The molecule has 0 unspecified atom stereocenters. The molecule has 1 aliphatic rings. The lowest BCUT2D eigenvalue weighted by Crippen LogP contribution is -2.34. The lowest BCUT2D eigenvalue weighted by atomic mass is 9.82. The summed E-state index contributed by atoms with van der Waals surface area (Å²) >= 11 is 3.43. The van der Waals surface area contributed by atoms with Crippen LogP contribution in [0.15, 0.2) is 10.7 Å². The molecular formula is C12H17BrN2O3. The van der Waals surface area contributed by atoms with Crippen molar-refractivity contribution < 1.29 is 14.6 Å². The Morgan fingerprint density at radius 2 is 2.22 bits per heavy atom. The van der Waals surface area contributed by atoms with E-state index in [0.29, 0.717) is 38.8 Å². The zero-order chi connectivity index (χ0) is 13.2. The highest BCUT2D eigenvalue weighted by Crippen LogP contribution is 2.39. The first-order valence-electron chi connectivity index (χ1n) is 6.01. The Kier molecular flexibility index (Phi) is 4.19. The van der Waals surface area contributed by atoms with E-state index >= 15 is 0 Å². The van der Waals surface area contributed by atoms with Gasteiger partial charge in [0.25, 0.3) is 0 Å². The van der Waals surface area contributed by atoms with Crippen LogP contribution in [0.5, 0.6) is 0 Å². The Bertz CT molecular complexity index is 435. The predicted octanol–water partition coefficient (Wildman–Crippen LogP) is 1.62. The fraction of sp³-hybridized carbons (Fsp3) is 0.667. The summed E-state index contributed by atoms with van der Waals surface area (Å²) in [5.74, 6) is 0.221. The molecule has 1 saturated carbocycles. The van der Waals surface area contributed by atoms with E-state index in [2.05, 4.69) is 21.0 Å². The van der Waals surface area contributed by atoms with Gasteiger partial charge in [0, 0.05) is 20.0 Å². The van der Waals surface area contributed by atoms with Gasteiger partial charge in [-0.2, -0.15) is 5.10 Å². The summed E-state index contributed by atoms with van der Waals surface area (Å²) < 4.78 is 7.58. The minimum absolute atomic E-state index is 0.221. The lowest BCUT2D eigenvalue weighted by Gasteiger charge is -2.32. The van der Waals surface area contributed by atoms with Crippen LogP contribution in [0.4, 0.5) is 0 Å². The Morgan fingerprint density at radius 1 is 1.56 bits per heavy atom. The van der Waals surface area contributed by atoms with Gasteiger partial charge in [-0.05, 0) is 28.8 Å². The number of aliphatic hydroxyl groups is 1. The molecule has 1 aromatic heterocycles. The van der Waals surface area contributed by atoms with Gasteiger partial charge in [-0.25, -0.2) is 0 Å². The molecule has 0 aromatic carbocycles. The number of carbonyl (C=O) groups excluding carboxylic acids is 1. The number of ketones is 1. The van der Waals surface area contributed by atoms with Crippen molar-refractivity contribution in [2.45, 2.75) is 37.8 Å². The van der Waals surface area contributed by atoms with Gasteiger partial charge in [-0.1, -0.05) is 0 Å². The fourth-order valence-corrected chi connectivity index (χ4v) is 3.02. The van der Waals surface area contributed by atoms with Crippen LogP contribution in [0.1, 0.15) is 31.4 Å². The van der Waals surface area contributed by atoms with Gasteiger partial charge in [-0.15, -0.1) is 0 Å². The average Bonchev–Trinajstić information content (AvgIpc) is 2.73. The first kappa shape index (κ1) is 13.7. The van der Waals surface area contributed by atoms with Crippen molar-refractivity contribution in [1.29, 1.82) is 0 Å².